The summed E-state index contributed by atoms with van der Waals surface area (Å²) in [4.78, 5) is 13.4. The highest BCUT2D eigenvalue weighted by atomic mass is 16.7. The maximum Gasteiger partial charge on any atom is 0.414 e. The Morgan fingerprint density at radius 2 is 1.89 bits per heavy atom. The van der Waals surface area contributed by atoms with Crippen LogP contribution in [0.15, 0.2) is 30.3 Å². The van der Waals surface area contributed by atoms with E-state index in [1.54, 1.807) is 0 Å². The summed E-state index contributed by atoms with van der Waals surface area (Å²) in [6.07, 6.45) is -1.10. The number of hydrogen-bond acceptors (Lipinski definition) is 4. The first-order chi connectivity index (χ1) is 9.27. The van der Waals surface area contributed by atoms with Crippen molar-refractivity contribution in [2.45, 2.75) is 26.3 Å². The minimum Gasteiger partial charge on any atom is -0.447 e. The summed E-state index contributed by atoms with van der Waals surface area (Å²) in [6.45, 7) is 4.99. The van der Waals surface area contributed by atoms with Crippen molar-refractivity contribution in [1.82, 2.24) is 4.90 Å². The second kappa shape index (κ2) is 6.54. The maximum atomic E-state index is 11.9. The molecule has 1 saturated heterocycles. The number of nitrogens with zero attached hydrogens (tertiary/aromatic N) is 1. The van der Waals surface area contributed by atoms with Crippen molar-refractivity contribution >= 4 is 6.09 Å². The van der Waals surface area contributed by atoms with Crippen LogP contribution in [0.5, 0.6) is 0 Å². The average Bonchev–Trinajstić information content (AvgIpc) is 2.81. The average molecular weight is 265 g/mol. The number of hydrogen-bond donors (Lipinski definition) is 0. The van der Waals surface area contributed by atoms with Crippen LogP contribution in [-0.4, -0.2) is 37.2 Å². The zero-order valence-electron chi connectivity index (χ0n) is 11.2. The Kier molecular flexibility index (Phi) is 4.76. The van der Waals surface area contributed by atoms with Crippen molar-refractivity contribution in [3.63, 3.8) is 0 Å². The standard InChI is InChI=1S/C14H19NO4/c1-3-17-14(18-4-2)15-12(10-19-13(15)16)11-8-6-5-7-9-11/h5-9,12,14H,3-4,10H2,1-2H3/t12-/m0/s1. The van der Waals surface area contributed by atoms with Crippen LogP contribution < -0.4 is 0 Å². The van der Waals surface area contributed by atoms with E-state index in [4.69, 9.17) is 14.2 Å². The largest absolute Gasteiger partial charge is 0.447 e. The lowest BCUT2D eigenvalue weighted by molar-refractivity contribution is -0.208. The molecule has 19 heavy (non-hydrogen) atoms. The second-order valence-corrected chi connectivity index (χ2v) is 4.13. The zero-order chi connectivity index (χ0) is 13.7. The normalized spacial score (nSPS) is 19.0. The van der Waals surface area contributed by atoms with E-state index >= 15 is 0 Å². The molecule has 0 aliphatic carbocycles. The van der Waals surface area contributed by atoms with Gasteiger partial charge in [0.25, 0.3) is 0 Å². The molecule has 5 nitrogen and oxygen atoms in total. The lowest BCUT2D eigenvalue weighted by atomic mass is 10.1. The highest BCUT2D eigenvalue weighted by Crippen LogP contribution is 2.30. The Bertz CT molecular complexity index is 403. The maximum absolute atomic E-state index is 11.9. The molecule has 0 bridgehead atoms. The molecule has 1 aromatic rings. The monoisotopic (exact) mass is 265 g/mol. The molecule has 1 aliphatic heterocycles. The van der Waals surface area contributed by atoms with E-state index in [-0.39, 0.29) is 6.04 Å². The first-order valence-electron chi connectivity index (χ1n) is 6.51. The first kappa shape index (κ1) is 13.8. The smallest absolute Gasteiger partial charge is 0.414 e. The van der Waals surface area contributed by atoms with Gasteiger partial charge >= 0.3 is 6.09 Å². The summed E-state index contributed by atoms with van der Waals surface area (Å²) in [5.41, 5.74) is 1.01. The predicted octanol–water partition coefficient (Wildman–Crippen LogP) is 2.54. The molecule has 1 aromatic carbocycles. The number of amides is 1. The van der Waals surface area contributed by atoms with Crippen LogP contribution in [0.3, 0.4) is 0 Å². The van der Waals surface area contributed by atoms with Crippen molar-refractivity contribution in [3.8, 4) is 0 Å². The van der Waals surface area contributed by atoms with Gasteiger partial charge in [-0.2, -0.15) is 0 Å². The summed E-state index contributed by atoms with van der Waals surface area (Å²) in [7, 11) is 0. The fourth-order valence-corrected chi connectivity index (χ4v) is 2.09. The van der Waals surface area contributed by atoms with E-state index in [0.29, 0.717) is 19.8 Å². The van der Waals surface area contributed by atoms with E-state index in [1.807, 2.05) is 44.2 Å². The number of cyclic esters (lactones) is 1. The SMILES string of the molecule is CCOC(OCC)N1C(=O)OC[C@H]1c1ccccc1. The molecule has 104 valence electrons. The van der Waals surface area contributed by atoms with Gasteiger partial charge in [-0.3, -0.25) is 0 Å². The summed E-state index contributed by atoms with van der Waals surface area (Å²) in [5.74, 6) is 0. The lowest BCUT2D eigenvalue weighted by Gasteiger charge is -2.29. The summed E-state index contributed by atoms with van der Waals surface area (Å²) >= 11 is 0. The molecule has 1 heterocycles. The van der Waals surface area contributed by atoms with E-state index in [9.17, 15) is 4.79 Å². The van der Waals surface area contributed by atoms with Crippen molar-refractivity contribution in [2.75, 3.05) is 19.8 Å². The molecule has 1 aliphatic rings. The molecule has 0 saturated carbocycles. The van der Waals surface area contributed by atoms with Gasteiger partial charge in [-0.05, 0) is 19.4 Å². The third kappa shape index (κ3) is 3.05. The molecule has 1 atom stereocenters. The van der Waals surface area contributed by atoms with Gasteiger partial charge in [-0.25, -0.2) is 9.69 Å². The number of rotatable bonds is 6. The highest BCUT2D eigenvalue weighted by molar-refractivity contribution is 5.70. The topological polar surface area (TPSA) is 48.0 Å². The van der Waals surface area contributed by atoms with Crippen LogP contribution in [0.1, 0.15) is 25.5 Å². The van der Waals surface area contributed by atoms with Crippen LogP contribution >= 0.6 is 0 Å². The van der Waals surface area contributed by atoms with Gasteiger partial charge in [0.1, 0.15) is 6.61 Å². The molecule has 1 fully saturated rings. The molecule has 0 spiro atoms. The van der Waals surface area contributed by atoms with E-state index in [2.05, 4.69) is 0 Å². The van der Waals surface area contributed by atoms with Gasteiger partial charge in [0.05, 0.1) is 6.04 Å². The van der Waals surface area contributed by atoms with Crippen LogP contribution in [0, 0.1) is 0 Å². The Labute approximate surface area is 113 Å². The van der Waals surface area contributed by atoms with Gasteiger partial charge < -0.3 is 14.2 Å². The fourth-order valence-electron chi connectivity index (χ4n) is 2.09. The molecule has 0 unspecified atom stereocenters. The minimum absolute atomic E-state index is 0.170. The van der Waals surface area contributed by atoms with Crippen molar-refractivity contribution in [2.24, 2.45) is 0 Å². The zero-order valence-corrected chi connectivity index (χ0v) is 11.2. The first-order valence-corrected chi connectivity index (χ1v) is 6.51. The van der Waals surface area contributed by atoms with Gasteiger partial charge in [0.15, 0.2) is 0 Å². The number of carbonyl (C=O) groups excluding carboxylic acids is 1. The van der Waals surface area contributed by atoms with E-state index in [1.165, 1.54) is 4.90 Å². The van der Waals surface area contributed by atoms with Crippen molar-refractivity contribution < 1.29 is 19.0 Å². The predicted molar refractivity (Wildman–Crippen MR) is 69.4 cm³/mol. The van der Waals surface area contributed by atoms with E-state index < -0.39 is 12.5 Å². The Morgan fingerprint density at radius 3 is 2.47 bits per heavy atom. The summed E-state index contributed by atoms with van der Waals surface area (Å²) < 4.78 is 16.1. The van der Waals surface area contributed by atoms with Crippen LogP contribution in [0.2, 0.25) is 0 Å². The van der Waals surface area contributed by atoms with E-state index in [0.717, 1.165) is 5.56 Å². The Hall–Kier alpha value is -1.59. The molecular weight excluding hydrogens is 246 g/mol. The van der Waals surface area contributed by atoms with Gasteiger partial charge in [0.2, 0.25) is 6.41 Å². The quantitative estimate of drug-likeness (QED) is 0.742. The van der Waals surface area contributed by atoms with Crippen molar-refractivity contribution in [1.29, 1.82) is 0 Å². The molecule has 0 aromatic heterocycles. The molecule has 2 rings (SSSR count). The molecule has 0 radical (unpaired) electrons. The summed E-state index contributed by atoms with van der Waals surface area (Å²) in [6, 6.07) is 9.58. The van der Waals surface area contributed by atoms with Gasteiger partial charge in [-0.15, -0.1) is 0 Å². The molecule has 5 heteroatoms. The minimum atomic E-state index is -0.699. The Balaban J connectivity index is 2.21. The fraction of sp³-hybridized carbons (Fsp3) is 0.500. The van der Waals surface area contributed by atoms with Gasteiger partial charge in [0, 0.05) is 13.2 Å². The third-order valence-corrected chi connectivity index (χ3v) is 2.94. The summed E-state index contributed by atoms with van der Waals surface area (Å²) in [5, 5.41) is 0. The number of ether oxygens (including phenoxy) is 3. The van der Waals surface area contributed by atoms with Crippen LogP contribution in [-0.2, 0) is 14.2 Å². The third-order valence-electron chi connectivity index (χ3n) is 2.94. The highest BCUT2D eigenvalue weighted by Gasteiger charge is 2.40. The number of carbonyl (C=O) groups is 1. The molecule has 0 N–H and O–H groups in total. The van der Waals surface area contributed by atoms with Crippen LogP contribution in [0.4, 0.5) is 4.79 Å². The van der Waals surface area contributed by atoms with Crippen LogP contribution in [0.25, 0.3) is 0 Å². The lowest BCUT2D eigenvalue weighted by Crippen LogP contribution is -2.41. The van der Waals surface area contributed by atoms with Crippen molar-refractivity contribution in [3.05, 3.63) is 35.9 Å². The molecular formula is C14H19NO4. The second-order valence-electron chi connectivity index (χ2n) is 4.13. The number of benzene rings is 1. The van der Waals surface area contributed by atoms with Gasteiger partial charge in [-0.1, -0.05) is 30.3 Å². The molecule has 1 amide bonds. The Morgan fingerprint density at radius 1 is 1.26 bits per heavy atom.